The zero-order valence-electron chi connectivity index (χ0n) is 9.38. The van der Waals surface area contributed by atoms with Crippen LogP contribution in [0.5, 0.6) is 0 Å². The van der Waals surface area contributed by atoms with Crippen molar-refractivity contribution in [1.29, 1.82) is 0 Å². The van der Waals surface area contributed by atoms with Crippen LogP contribution in [-0.2, 0) is 0 Å². The minimum atomic E-state index is 0.312. The molecule has 0 amide bonds. The van der Waals surface area contributed by atoms with Gasteiger partial charge >= 0.3 is 0 Å². The van der Waals surface area contributed by atoms with E-state index >= 15 is 0 Å². The molecule has 0 bridgehead atoms. The van der Waals surface area contributed by atoms with Gasteiger partial charge in [0, 0.05) is 0 Å². The summed E-state index contributed by atoms with van der Waals surface area (Å²) in [6.45, 7) is 9.09. The second-order valence-corrected chi connectivity index (χ2v) is 4.80. The molecule has 1 rings (SSSR count). The number of hydrogen-bond acceptors (Lipinski definition) is 0. The summed E-state index contributed by atoms with van der Waals surface area (Å²) in [5.74, 6) is 1.75. The quantitative estimate of drug-likeness (QED) is 0.423. The summed E-state index contributed by atoms with van der Waals surface area (Å²) in [6, 6.07) is 0. The summed E-state index contributed by atoms with van der Waals surface area (Å²) in [5, 5.41) is 0. The third kappa shape index (κ3) is 1.84. The molecule has 13 heavy (non-hydrogen) atoms. The van der Waals surface area contributed by atoms with Crippen molar-refractivity contribution in [3.8, 4) is 0 Å². The van der Waals surface area contributed by atoms with Gasteiger partial charge in [0.15, 0.2) is 0 Å². The average molecular weight is 176 g/mol. The average Bonchev–Trinajstić information content (AvgIpc) is 2.10. The molecule has 0 aromatic rings. The lowest BCUT2D eigenvalue weighted by Crippen LogP contribution is -2.37. The van der Waals surface area contributed by atoms with Crippen LogP contribution in [0, 0.1) is 17.3 Å². The molecular formula is C12H21B. The van der Waals surface area contributed by atoms with Crippen molar-refractivity contribution in [2.75, 3.05) is 0 Å². The highest BCUT2D eigenvalue weighted by Crippen LogP contribution is 2.50. The highest BCUT2D eigenvalue weighted by molar-refractivity contribution is 6.11. The van der Waals surface area contributed by atoms with E-state index < -0.39 is 0 Å². The Labute approximate surface area is 84.2 Å². The van der Waals surface area contributed by atoms with Crippen LogP contribution in [0.2, 0.25) is 5.82 Å². The second kappa shape index (κ2) is 3.90. The van der Waals surface area contributed by atoms with Gasteiger partial charge < -0.3 is 0 Å². The fourth-order valence-electron chi connectivity index (χ4n) is 2.59. The molecule has 1 heteroatoms. The zero-order valence-corrected chi connectivity index (χ0v) is 9.38. The monoisotopic (exact) mass is 176 g/mol. The van der Waals surface area contributed by atoms with Crippen molar-refractivity contribution in [3.63, 3.8) is 0 Å². The van der Waals surface area contributed by atoms with E-state index in [9.17, 15) is 0 Å². The summed E-state index contributed by atoms with van der Waals surface area (Å²) in [6.07, 6.45) is 6.98. The maximum absolute atomic E-state index is 6.11. The predicted octanol–water partition coefficient (Wildman–Crippen LogP) is 3.59. The largest absolute Gasteiger partial charge is 0.0911 e. The topological polar surface area (TPSA) is 0 Å². The standard InChI is InChI=1S/C12H21B/c1-5-8-12(4)9(2)6-7-11(13)10(12)3/h5,8-11H,6-7H2,1-4H3/b8-5+/t9-,10+,11?,12+/m1/s1. The Balaban J connectivity index is 2.88. The molecule has 4 atom stereocenters. The van der Waals surface area contributed by atoms with Crippen molar-refractivity contribution >= 4 is 7.85 Å². The van der Waals surface area contributed by atoms with Crippen LogP contribution >= 0.6 is 0 Å². The Morgan fingerprint density at radius 2 is 1.92 bits per heavy atom. The molecule has 72 valence electrons. The van der Waals surface area contributed by atoms with Crippen LogP contribution in [-0.4, -0.2) is 7.85 Å². The molecule has 0 aromatic carbocycles. The Morgan fingerprint density at radius 1 is 1.31 bits per heavy atom. The summed E-state index contributed by atoms with van der Waals surface area (Å²) >= 11 is 0. The first kappa shape index (κ1) is 10.9. The SMILES string of the molecule is [B]C1CC[C@@H](C)[C@](C)(/C=C/C)[C@H]1C. The van der Waals surface area contributed by atoms with E-state index in [0.717, 1.165) is 5.92 Å². The van der Waals surface area contributed by atoms with Gasteiger partial charge in [0.25, 0.3) is 0 Å². The normalized spacial score (nSPS) is 46.9. The van der Waals surface area contributed by atoms with Gasteiger partial charge in [-0.3, -0.25) is 0 Å². The first-order valence-electron chi connectivity index (χ1n) is 5.41. The molecule has 0 spiro atoms. The Morgan fingerprint density at radius 3 is 2.46 bits per heavy atom. The molecule has 1 aliphatic rings. The van der Waals surface area contributed by atoms with E-state index in [1.807, 2.05) is 0 Å². The first-order chi connectivity index (χ1) is 6.02. The highest BCUT2D eigenvalue weighted by Gasteiger charge is 2.39. The summed E-state index contributed by atoms with van der Waals surface area (Å²) < 4.78 is 0. The van der Waals surface area contributed by atoms with Crippen LogP contribution in [0.4, 0.5) is 0 Å². The molecule has 1 saturated carbocycles. The fourth-order valence-corrected chi connectivity index (χ4v) is 2.59. The minimum absolute atomic E-state index is 0.312. The van der Waals surface area contributed by atoms with Crippen molar-refractivity contribution in [1.82, 2.24) is 0 Å². The molecule has 1 unspecified atom stereocenters. The number of allylic oxidation sites excluding steroid dienone is 2. The van der Waals surface area contributed by atoms with Gasteiger partial charge in [0.1, 0.15) is 0 Å². The van der Waals surface area contributed by atoms with Gasteiger partial charge in [-0.05, 0) is 24.2 Å². The van der Waals surface area contributed by atoms with E-state index in [0.29, 0.717) is 17.2 Å². The first-order valence-corrected chi connectivity index (χ1v) is 5.41. The van der Waals surface area contributed by atoms with Gasteiger partial charge in [-0.25, -0.2) is 0 Å². The van der Waals surface area contributed by atoms with Crippen LogP contribution in [0.3, 0.4) is 0 Å². The van der Waals surface area contributed by atoms with E-state index in [-0.39, 0.29) is 0 Å². The lowest BCUT2D eigenvalue weighted by molar-refractivity contribution is 0.116. The van der Waals surface area contributed by atoms with Crippen molar-refractivity contribution in [2.45, 2.75) is 46.4 Å². The van der Waals surface area contributed by atoms with Crippen LogP contribution in [0.25, 0.3) is 0 Å². The van der Waals surface area contributed by atoms with Crippen molar-refractivity contribution in [3.05, 3.63) is 12.2 Å². The zero-order chi connectivity index (χ0) is 10.1. The van der Waals surface area contributed by atoms with E-state index in [1.165, 1.54) is 12.8 Å². The number of hydrogen-bond donors (Lipinski definition) is 0. The minimum Gasteiger partial charge on any atom is -0.0911 e. The third-order valence-electron chi connectivity index (χ3n) is 4.14. The summed E-state index contributed by atoms with van der Waals surface area (Å²) in [7, 11) is 6.11. The molecule has 0 nitrogen and oxygen atoms in total. The molecule has 0 heterocycles. The van der Waals surface area contributed by atoms with E-state index in [2.05, 4.69) is 39.8 Å². The lowest BCUT2D eigenvalue weighted by atomic mass is 9.53. The Bertz CT molecular complexity index is 197. The maximum Gasteiger partial charge on any atom is 0.0703 e. The fraction of sp³-hybridized carbons (Fsp3) is 0.833. The van der Waals surface area contributed by atoms with Gasteiger partial charge in [-0.1, -0.05) is 51.6 Å². The van der Waals surface area contributed by atoms with E-state index in [1.54, 1.807) is 0 Å². The predicted molar refractivity (Wildman–Crippen MR) is 60.0 cm³/mol. The van der Waals surface area contributed by atoms with Gasteiger partial charge in [-0.15, -0.1) is 0 Å². The molecule has 1 fully saturated rings. The summed E-state index contributed by atoms with van der Waals surface area (Å²) in [4.78, 5) is 0. The Hall–Kier alpha value is -0.195. The van der Waals surface area contributed by atoms with Crippen LogP contribution in [0.15, 0.2) is 12.2 Å². The Kier molecular flexibility index (Phi) is 3.26. The molecule has 0 N–H and O–H groups in total. The molecule has 0 aromatic heterocycles. The molecular weight excluding hydrogens is 155 g/mol. The molecule has 1 aliphatic carbocycles. The summed E-state index contributed by atoms with van der Waals surface area (Å²) in [5.41, 5.74) is 0.312. The van der Waals surface area contributed by atoms with E-state index in [4.69, 9.17) is 7.85 Å². The second-order valence-electron chi connectivity index (χ2n) is 4.80. The number of rotatable bonds is 1. The van der Waals surface area contributed by atoms with Gasteiger partial charge in [-0.2, -0.15) is 0 Å². The highest BCUT2D eigenvalue weighted by atomic mass is 14.4. The van der Waals surface area contributed by atoms with Gasteiger partial charge in [0.05, 0.1) is 7.85 Å². The van der Waals surface area contributed by atoms with Crippen molar-refractivity contribution < 1.29 is 0 Å². The smallest absolute Gasteiger partial charge is 0.0703 e. The third-order valence-corrected chi connectivity index (χ3v) is 4.14. The maximum atomic E-state index is 6.11. The molecule has 0 aliphatic heterocycles. The molecule has 0 saturated heterocycles. The lowest BCUT2D eigenvalue weighted by Gasteiger charge is -2.46. The van der Waals surface area contributed by atoms with Crippen LogP contribution < -0.4 is 0 Å². The van der Waals surface area contributed by atoms with Gasteiger partial charge in [0.2, 0.25) is 0 Å². The van der Waals surface area contributed by atoms with Crippen LogP contribution in [0.1, 0.15) is 40.5 Å². The van der Waals surface area contributed by atoms with Crippen molar-refractivity contribution in [2.24, 2.45) is 17.3 Å². The molecule has 2 radical (unpaired) electrons.